The van der Waals surface area contributed by atoms with E-state index in [1.165, 1.54) is 29.4 Å². The standard InChI is InChI=1S/C24H22ClNO2/c1-28-24(27)26-20-7-4-5-16(13-20)14-23-21-8-3-2-6-17(21)9-10-18-15-19(25)11-12-22(18)23/h2-8,11-13,15,23H,9-10,14H2,1H3,(H,26,27). The summed E-state index contributed by atoms with van der Waals surface area (Å²) in [6.45, 7) is 0. The molecular weight excluding hydrogens is 370 g/mol. The van der Waals surface area contributed by atoms with E-state index in [4.69, 9.17) is 16.3 Å². The maximum Gasteiger partial charge on any atom is 0.411 e. The zero-order valence-corrected chi connectivity index (χ0v) is 16.5. The molecule has 1 aliphatic rings. The summed E-state index contributed by atoms with van der Waals surface area (Å²) >= 11 is 6.28. The number of nitrogens with one attached hydrogen (secondary N) is 1. The molecule has 3 nitrogen and oxygen atoms in total. The molecule has 0 spiro atoms. The molecular formula is C24H22ClNO2. The van der Waals surface area contributed by atoms with Crippen molar-refractivity contribution in [2.45, 2.75) is 25.2 Å². The fourth-order valence-electron chi connectivity index (χ4n) is 4.07. The quantitative estimate of drug-likeness (QED) is 0.595. The molecule has 0 saturated heterocycles. The third-order valence-electron chi connectivity index (χ3n) is 5.37. The molecule has 0 saturated carbocycles. The fraction of sp³-hybridized carbons (Fsp3) is 0.208. The summed E-state index contributed by atoms with van der Waals surface area (Å²) < 4.78 is 4.70. The van der Waals surface area contributed by atoms with Gasteiger partial charge in [0, 0.05) is 16.6 Å². The van der Waals surface area contributed by atoms with Gasteiger partial charge >= 0.3 is 6.09 Å². The van der Waals surface area contributed by atoms with Crippen molar-refractivity contribution in [2.24, 2.45) is 0 Å². The van der Waals surface area contributed by atoms with Crippen LogP contribution in [-0.2, 0) is 24.0 Å². The number of aryl methyl sites for hydroxylation is 2. The van der Waals surface area contributed by atoms with Crippen LogP contribution in [0.3, 0.4) is 0 Å². The van der Waals surface area contributed by atoms with Gasteiger partial charge in [-0.05, 0) is 71.3 Å². The van der Waals surface area contributed by atoms with Crippen molar-refractivity contribution in [3.63, 3.8) is 0 Å². The topological polar surface area (TPSA) is 38.3 Å². The Bertz CT molecular complexity index is 1010. The molecule has 28 heavy (non-hydrogen) atoms. The van der Waals surface area contributed by atoms with E-state index in [-0.39, 0.29) is 5.92 Å². The highest BCUT2D eigenvalue weighted by Crippen LogP contribution is 2.37. The second kappa shape index (κ2) is 8.07. The van der Waals surface area contributed by atoms with E-state index in [1.54, 1.807) is 0 Å². The molecule has 142 valence electrons. The average molecular weight is 392 g/mol. The van der Waals surface area contributed by atoms with Crippen LogP contribution in [0, 0.1) is 0 Å². The molecule has 0 fully saturated rings. The number of ether oxygens (including phenoxy) is 1. The van der Waals surface area contributed by atoms with Crippen molar-refractivity contribution in [3.05, 3.63) is 99.6 Å². The van der Waals surface area contributed by atoms with Gasteiger partial charge in [0.1, 0.15) is 0 Å². The molecule has 4 rings (SSSR count). The molecule has 3 aromatic carbocycles. The SMILES string of the molecule is COC(=O)Nc1cccc(CC2c3ccccc3CCc3cc(Cl)ccc32)c1. The van der Waals surface area contributed by atoms with Gasteiger partial charge in [-0.1, -0.05) is 54.1 Å². The lowest BCUT2D eigenvalue weighted by Crippen LogP contribution is -2.11. The first kappa shape index (κ1) is 18.6. The van der Waals surface area contributed by atoms with Crippen LogP contribution in [0.25, 0.3) is 0 Å². The highest BCUT2D eigenvalue weighted by atomic mass is 35.5. The highest BCUT2D eigenvalue weighted by Gasteiger charge is 2.24. The van der Waals surface area contributed by atoms with Gasteiger partial charge in [-0.25, -0.2) is 4.79 Å². The number of halogens is 1. The van der Waals surface area contributed by atoms with Gasteiger partial charge in [-0.15, -0.1) is 0 Å². The lowest BCUT2D eigenvalue weighted by atomic mass is 9.83. The van der Waals surface area contributed by atoms with Crippen LogP contribution in [0.15, 0.2) is 66.7 Å². The van der Waals surface area contributed by atoms with Crippen LogP contribution >= 0.6 is 11.6 Å². The molecule has 0 aromatic heterocycles. The van der Waals surface area contributed by atoms with Gasteiger partial charge in [0.15, 0.2) is 0 Å². The smallest absolute Gasteiger partial charge is 0.411 e. The minimum atomic E-state index is -0.461. The van der Waals surface area contributed by atoms with Gasteiger partial charge in [0.05, 0.1) is 7.11 Å². The number of carbonyl (C=O) groups excluding carboxylic acids is 1. The molecule has 1 amide bonds. The van der Waals surface area contributed by atoms with E-state index < -0.39 is 6.09 Å². The lowest BCUT2D eigenvalue weighted by molar-refractivity contribution is 0.187. The molecule has 1 aliphatic carbocycles. The summed E-state index contributed by atoms with van der Waals surface area (Å²) in [5, 5.41) is 3.53. The molecule has 3 aromatic rings. The molecule has 0 heterocycles. The maximum atomic E-state index is 11.5. The van der Waals surface area contributed by atoms with Crippen molar-refractivity contribution in [1.29, 1.82) is 0 Å². The third kappa shape index (κ3) is 3.90. The van der Waals surface area contributed by atoms with Crippen LogP contribution < -0.4 is 5.32 Å². The molecule has 1 unspecified atom stereocenters. The van der Waals surface area contributed by atoms with Crippen molar-refractivity contribution < 1.29 is 9.53 Å². The number of amides is 1. The van der Waals surface area contributed by atoms with Crippen molar-refractivity contribution >= 4 is 23.4 Å². The Morgan fingerprint density at radius 1 is 1.00 bits per heavy atom. The number of benzene rings is 3. The normalized spacial score (nSPS) is 15.1. The monoisotopic (exact) mass is 391 g/mol. The first-order valence-electron chi connectivity index (χ1n) is 9.44. The molecule has 0 radical (unpaired) electrons. The first-order chi connectivity index (χ1) is 13.6. The molecule has 0 aliphatic heterocycles. The van der Waals surface area contributed by atoms with Crippen molar-refractivity contribution in [1.82, 2.24) is 0 Å². The molecule has 4 heteroatoms. The van der Waals surface area contributed by atoms with Crippen LogP contribution in [0.4, 0.5) is 10.5 Å². The van der Waals surface area contributed by atoms with Crippen LogP contribution in [0.1, 0.15) is 33.7 Å². The van der Waals surface area contributed by atoms with E-state index in [0.29, 0.717) is 0 Å². The second-order valence-corrected chi connectivity index (χ2v) is 7.55. The highest BCUT2D eigenvalue weighted by molar-refractivity contribution is 6.30. The summed E-state index contributed by atoms with van der Waals surface area (Å²) in [6, 6.07) is 22.9. The van der Waals surface area contributed by atoms with Crippen LogP contribution in [0.2, 0.25) is 5.02 Å². The van der Waals surface area contributed by atoms with Gasteiger partial charge < -0.3 is 4.74 Å². The maximum absolute atomic E-state index is 11.5. The van der Waals surface area contributed by atoms with E-state index in [2.05, 4.69) is 47.8 Å². The average Bonchev–Trinajstić information content (AvgIpc) is 2.85. The zero-order chi connectivity index (χ0) is 19.5. The summed E-state index contributed by atoms with van der Waals surface area (Å²) in [6.07, 6.45) is 2.40. The Kier molecular flexibility index (Phi) is 5.36. The predicted molar refractivity (Wildman–Crippen MR) is 113 cm³/mol. The molecule has 1 atom stereocenters. The number of anilines is 1. The van der Waals surface area contributed by atoms with Gasteiger partial charge in [0.2, 0.25) is 0 Å². The van der Waals surface area contributed by atoms with Crippen molar-refractivity contribution in [2.75, 3.05) is 12.4 Å². The second-order valence-electron chi connectivity index (χ2n) is 7.12. The number of methoxy groups -OCH3 is 1. The fourth-order valence-corrected chi connectivity index (χ4v) is 4.26. The minimum absolute atomic E-state index is 0.249. The summed E-state index contributed by atoms with van der Waals surface area (Å²) in [5.41, 5.74) is 7.32. The van der Waals surface area contributed by atoms with E-state index in [1.807, 2.05) is 24.3 Å². The number of rotatable bonds is 3. The Balaban J connectivity index is 1.73. The third-order valence-corrected chi connectivity index (χ3v) is 5.61. The Morgan fingerprint density at radius 2 is 1.79 bits per heavy atom. The van der Waals surface area contributed by atoms with Crippen molar-refractivity contribution in [3.8, 4) is 0 Å². The minimum Gasteiger partial charge on any atom is -0.453 e. The van der Waals surface area contributed by atoms with Crippen LogP contribution in [0.5, 0.6) is 0 Å². The van der Waals surface area contributed by atoms with E-state index in [0.717, 1.165) is 35.5 Å². The summed E-state index contributed by atoms with van der Waals surface area (Å²) in [7, 11) is 1.36. The van der Waals surface area contributed by atoms with E-state index >= 15 is 0 Å². The largest absolute Gasteiger partial charge is 0.453 e. The van der Waals surface area contributed by atoms with Gasteiger partial charge in [-0.3, -0.25) is 5.32 Å². The summed E-state index contributed by atoms with van der Waals surface area (Å²) in [5.74, 6) is 0.249. The zero-order valence-electron chi connectivity index (χ0n) is 15.7. The molecule has 0 bridgehead atoms. The summed E-state index contributed by atoms with van der Waals surface area (Å²) in [4.78, 5) is 11.5. The Labute approximate surface area is 170 Å². The van der Waals surface area contributed by atoms with Gasteiger partial charge in [-0.2, -0.15) is 0 Å². The Hall–Kier alpha value is -2.78. The number of carbonyl (C=O) groups is 1. The number of hydrogen-bond donors (Lipinski definition) is 1. The lowest BCUT2D eigenvalue weighted by Gasteiger charge is -2.21. The Morgan fingerprint density at radius 3 is 2.64 bits per heavy atom. The predicted octanol–water partition coefficient (Wildman–Crippen LogP) is 5.99. The van der Waals surface area contributed by atoms with E-state index in [9.17, 15) is 4.79 Å². The molecule has 1 N–H and O–H groups in total. The van der Waals surface area contributed by atoms with Gasteiger partial charge in [0.25, 0.3) is 0 Å². The van der Waals surface area contributed by atoms with Crippen LogP contribution in [-0.4, -0.2) is 13.2 Å². The number of fused-ring (bicyclic) bond motifs is 2. The first-order valence-corrected chi connectivity index (χ1v) is 9.82. The number of hydrogen-bond acceptors (Lipinski definition) is 2.